The number of hydrogen-bond donors (Lipinski definition) is 0. The van der Waals surface area contributed by atoms with E-state index in [1.807, 2.05) is 6.07 Å². The number of thioether (sulfide) groups is 1. The molecule has 1 aliphatic carbocycles. The highest BCUT2D eigenvalue weighted by molar-refractivity contribution is 8.00. The lowest BCUT2D eigenvalue weighted by Gasteiger charge is -2.10. The summed E-state index contributed by atoms with van der Waals surface area (Å²) < 4.78 is 5.13. The van der Waals surface area contributed by atoms with Crippen LogP contribution in [-0.2, 0) is 0 Å². The van der Waals surface area contributed by atoms with Gasteiger partial charge >= 0.3 is 0 Å². The van der Waals surface area contributed by atoms with Crippen LogP contribution in [0.15, 0.2) is 17.2 Å². The van der Waals surface area contributed by atoms with E-state index in [0.29, 0.717) is 10.9 Å². The van der Waals surface area contributed by atoms with Gasteiger partial charge in [-0.05, 0) is 18.9 Å². The lowest BCUT2D eigenvalue weighted by atomic mass is 10.3. The molecule has 0 aromatic carbocycles. The van der Waals surface area contributed by atoms with Gasteiger partial charge in [0.25, 0.3) is 0 Å². The van der Waals surface area contributed by atoms with Crippen LogP contribution in [0.5, 0.6) is 5.75 Å². The van der Waals surface area contributed by atoms with Crippen molar-refractivity contribution >= 4 is 11.8 Å². The van der Waals surface area contributed by atoms with Crippen LogP contribution in [0, 0.1) is 11.3 Å². The molecule has 1 fully saturated rings. The van der Waals surface area contributed by atoms with Gasteiger partial charge in [0.15, 0.2) is 5.69 Å². The zero-order valence-electron chi connectivity index (χ0n) is 9.27. The van der Waals surface area contributed by atoms with Crippen LogP contribution in [0.1, 0.15) is 31.4 Å². The molecule has 3 nitrogen and oxygen atoms in total. The van der Waals surface area contributed by atoms with Crippen molar-refractivity contribution in [3.05, 3.63) is 18.0 Å². The molecule has 1 heterocycles. The second-order valence-corrected chi connectivity index (χ2v) is 5.20. The maximum absolute atomic E-state index is 8.99. The second-order valence-electron chi connectivity index (χ2n) is 3.86. The second kappa shape index (κ2) is 5.22. The summed E-state index contributed by atoms with van der Waals surface area (Å²) in [5, 5.41) is 9.63. The quantitative estimate of drug-likeness (QED) is 0.806. The molecule has 1 aromatic heterocycles. The van der Waals surface area contributed by atoms with Crippen molar-refractivity contribution in [3.63, 3.8) is 0 Å². The highest BCUT2D eigenvalue weighted by Gasteiger charge is 2.18. The molecule has 4 heteroatoms. The Kier molecular flexibility index (Phi) is 3.68. The highest BCUT2D eigenvalue weighted by Crippen LogP contribution is 2.36. The molecule has 0 bridgehead atoms. The van der Waals surface area contributed by atoms with Gasteiger partial charge in [0, 0.05) is 10.1 Å². The van der Waals surface area contributed by atoms with E-state index in [1.165, 1.54) is 25.7 Å². The van der Waals surface area contributed by atoms with Crippen LogP contribution in [-0.4, -0.2) is 17.3 Å². The van der Waals surface area contributed by atoms with Crippen LogP contribution in [0.3, 0.4) is 0 Å². The SMILES string of the molecule is COc1cnc(C#N)c(SC2CCCC2)c1. The number of pyridine rings is 1. The van der Waals surface area contributed by atoms with Gasteiger partial charge in [-0.25, -0.2) is 4.98 Å². The van der Waals surface area contributed by atoms with Gasteiger partial charge in [-0.1, -0.05) is 12.8 Å². The van der Waals surface area contributed by atoms with Gasteiger partial charge in [-0.15, -0.1) is 11.8 Å². The molecule has 0 unspecified atom stereocenters. The third kappa shape index (κ3) is 2.48. The fraction of sp³-hybridized carbons (Fsp3) is 0.500. The van der Waals surface area contributed by atoms with Crippen molar-refractivity contribution in [1.82, 2.24) is 4.98 Å². The molecular formula is C12H14N2OS. The first-order valence-corrected chi connectivity index (χ1v) is 6.32. The van der Waals surface area contributed by atoms with Gasteiger partial charge < -0.3 is 4.74 Å². The maximum Gasteiger partial charge on any atom is 0.154 e. The first-order valence-electron chi connectivity index (χ1n) is 5.44. The van der Waals surface area contributed by atoms with E-state index in [-0.39, 0.29) is 0 Å². The molecule has 2 rings (SSSR count). The summed E-state index contributed by atoms with van der Waals surface area (Å²) >= 11 is 1.77. The van der Waals surface area contributed by atoms with Crippen molar-refractivity contribution in [1.29, 1.82) is 5.26 Å². The topological polar surface area (TPSA) is 45.9 Å². The van der Waals surface area contributed by atoms with Gasteiger partial charge in [0.05, 0.1) is 13.3 Å². The van der Waals surface area contributed by atoms with E-state index < -0.39 is 0 Å². The van der Waals surface area contributed by atoms with E-state index >= 15 is 0 Å². The molecule has 0 N–H and O–H groups in total. The molecule has 1 saturated carbocycles. The predicted molar refractivity (Wildman–Crippen MR) is 63.6 cm³/mol. The molecule has 0 amide bonds. The molecule has 1 aliphatic rings. The van der Waals surface area contributed by atoms with Crippen molar-refractivity contribution in [2.75, 3.05) is 7.11 Å². The van der Waals surface area contributed by atoms with E-state index in [4.69, 9.17) is 10.00 Å². The van der Waals surface area contributed by atoms with Crippen molar-refractivity contribution in [3.8, 4) is 11.8 Å². The van der Waals surface area contributed by atoms with Gasteiger partial charge in [-0.3, -0.25) is 0 Å². The molecular weight excluding hydrogens is 220 g/mol. The normalized spacial score (nSPS) is 16.0. The Balaban J connectivity index is 2.19. The zero-order valence-corrected chi connectivity index (χ0v) is 10.1. The molecule has 0 radical (unpaired) electrons. The number of aromatic nitrogens is 1. The van der Waals surface area contributed by atoms with Gasteiger partial charge in [-0.2, -0.15) is 5.26 Å². The Bertz CT molecular complexity index is 408. The smallest absolute Gasteiger partial charge is 0.154 e. The monoisotopic (exact) mass is 234 g/mol. The molecule has 0 saturated heterocycles. The standard InChI is InChI=1S/C12H14N2OS/c1-15-9-6-12(11(7-13)14-8-9)16-10-4-2-3-5-10/h6,8,10H,2-5H2,1H3. The minimum absolute atomic E-state index is 0.512. The first kappa shape index (κ1) is 11.3. The summed E-state index contributed by atoms with van der Waals surface area (Å²) in [7, 11) is 1.62. The highest BCUT2D eigenvalue weighted by atomic mass is 32.2. The maximum atomic E-state index is 8.99. The summed E-state index contributed by atoms with van der Waals surface area (Å²) in [4.78, 5) is 5.06. The van der Waals surface area contributed by atoms with Crippen molar-refractivity contribution < 1.29 is 4.74 Å². The number of methoxy groups -OCH3 is 1. The predicted octanol–water partition coefficient (Wildman–Crippen LogP) is 3.00. The molecule has 1 aromatic rings. The zero-order chi connectivity index (χ0) is 11.4. The third-order valence-electron chi connectivity index (χ3n) is 2.77. The van der Waals surface area contributed by atoms with Gasteiger partial charge in [0.1, 0.15) is 11.8 Å². The minimum Gasteiger partial charge on any atom is -0.495 e. The van der Waals surface area contributed by atoms with Crippen LogP contribution < -0.4 is 4.74 Å². The number of nitrogens with zero attached hydrogens (tertiary/aromatic N) is 2. The Labute approximate surface area is 99.8 Å². The summed E-state index contributed by atoms with van der Waals surface area (Å²) in [6.07, 6.45) is 6.69. The molecule has 0 atom stereocenters. The average Bonchev–Trinajstić information content (AvgIpc) is 2.82. The largest absolute Gasteiger partial charge is 0.495 e. The minimum atomic E-state index is 0.512. The van der Waals surface area contributed by atoms with Gasteiger partial charge in [0.2, 0.25) is 0 Å². The van der Waals surface area contributed by atoms with Crippen LogP contribution in [0.25, 0.3) is 0 Å². The summed E-state index contributed by atoms with van der Waals surface area (Å²) in [5.74, 6) is 0.722. The Morgan fingerprint density at radius 2 is 2.25 bits per heavy atom. The number of ether oxygens (including phenoxy) is 1. The van der Waals surface area contributed by atoms with Crippen LogP contribution in [0.2, 0.25) is 0 Å². The van der Waals surface area contributed by atoms with Crippen molar-refractivity contribution in [2.45, 2.75) is 35.8 Å². The fourth-order valence-corrected chi connectivity index (χ4v) is 3.22. The molecule has 0 spiro atoms. The first-order chi connectivity index (χ1) is 7.83. The molecule has 16 heavy (non-hydrogen) atoms. The summed E-state index contributed by atoms with van der Waals surface area (Å²) in [6.45, 7) is 0. The van der Waals surface area contributed by atoms with E-state index in [2.05, 4.69) is 11.1 Å². The van der Waals surface area contributed by atoms with E-state index in [9.17, 15) is 0 Å². The molecule has 84 valence electrons. The lowest BCUT2D eigenvalue weighted by molar-refractivity contribution is 0.411. The van der Waals surface area contributed by atoms with E-state index in [1.54, 1.807) is 25.1 Å². The van der Waals surface area contributed by atoms with Crippen LogP contribution in [0.4, 0.5) is 0 Å². The Hall–Kier alpha value is -1.21. The number of rotatable bonds is 3. The number of nitriles is 1. The van der Waals surface area contributed by atoms with E-state index in [0.717, 1.165) is 10.6 Å². The lowest BCUT2D eigenvalue weighted by Crippen LogP contribution is -1.97. The van der Waals surface area contributed by atoms with Crippen molar-refractivity contribution in [2.24, 2.45) is 0 Å². The summed E-state index contributed by atoms with van der Waals surface area (Å²) in [5.41, 5.74) is 0.512. The third-order valence-corrected chi connectivity index (χ3v) is 4.13. The van der Waals surface area contributed by atoms with Crippen LogP contribution >= 0.6 is 11.8 Å². The Morgan fingerprint density at radius 3 is 2.88 bits per heavy atom. The average molecular weight is 234 g/mol. The number of hydrogen-bond acceptors (Lipinski definition) is 4. The molecule has 0 aliphatic heterocycles. The fourth-order valence-electron chi connectivity index (χ4n) is 1.90. The summed E-state index contributed by atoms with van der Waals surface area (Å²) in [6, 6.07) is 4.04. The Morgan fingerprint density at radius 1 is 1.50 bits per heavy atom.